The van der Waals surface area contributed by atoms with E-state index in [0.717, 1.165) is 54.6 Å². The quantitative estimate of drug-likeness (QED) is 0.673. The van der Waals surface area contributed by atoms with Crippen molar-refractivity contribution in [3.05, 3.63) is 35.7 Å². The van der Waals surface area contributed by atoms with E-state index in [1.807, 2.05) is 31.7 Å². The number of piperidine rings is 1. The SMILES string of the molecule is CC1CC(c2ccc3c(c2)Nc2ncnc(N4CCOCC4)c2CO3)CCN1C(=O)OC(C)(C)C. The molecule has 0 bridgehead atoms. The monoisotopic (exact) mass is 481 g/mol. The Kier molecular flexibility index (Phi) is 6.44. The first-order valence-corrected chi connectivity index (χ1v) is 12.5. The Balaban J connectivity index is 1.32. The second-order valence-corrected chi connectivity index (χ2v) is 10.5. The smallest absolute Gasteiger partial charge is 0.410 e. The fourth-order valence-electron chi connectivity index (χ4n) is 5.06. The van der Waals surface area contributed by atoms with Gasteiger partial charge in [0, 0.05) is 25.7 Å². The van der Waals surface area contributed by atoms with Crippen LogP contribution in [0, 0.1) is 0 Å². The van der Waals surface area contributed by atoms with Gasteiger partial charge in [0.25, 0.3) is 0 Å². The molecule has 1 N–H and O–H groups in total. The van der Waals surface area contributed by atoms with Gasteiger partial charge in [0.2, 0.25) is 0 Å². The van der Waals surface area contributed by atoms with Crippen LogP contribution in [0.4, 0.5) is 22.1 Å². The predicted octanol–water partition coefficient (Wildman–Crippen LogP) is 4.45. The van der Waals surface area contributed by atoms with Crippen LogP contribution >= 0.6 is 0 Å². The number of hydrogen-bond acceptors (Lipinski definition) is 8. The Morgan fingerprint density at radius 2 is 1.97 bits per heavy atom. The molecule has 2 unspecified atom stereocenters. The summed E-state index contributed by atoms with van der Waals surface area (Å²) in [5.41, 5.74) is 2.63. The minimum atomic E-state index is -0.488. The zero-order valence-corrected chi connectivity index (χ0v) is 21.0. The molecule has 2 fully saturated rings. The van der Waals surface area contributed by atoms with E-state index < -0.39 is 5.60 Å². The van der Waals surface area contributed by atoms with Gasteiger partial charge in [0.15, 0.2) is 0 Å². The third-order valence-corrected chi connectivity index (χ3v) is 6.84. The molecule has 2 saturated heterocycles. The lowest BCUT2D eigenvalue weighted by Crippen LogP contribution is -2.46. The number of benzene rings is 1. The Morgan fingerprint density at radius 3 is 2.71 bits per heavy atom. The fraction of sp³-hybridized carbons (Fsp3) is 0.577. The van der Waals surface area contributed by atoms with E-state index in [9.17, 15) is 4.79 Å². The van der Waals surface area contributed by atoms with E-state index in [1.54, 1.807) is 6.33 Å². The molecule has 2 atom stereocenters. The van der Waals surface area contributed by atoms with Crippen molar-refractivity contribution < 1.29 is 19.0 Å². The maximum absolute atomic E-state index is 12.6. The van der Waals surface area contributed by atoms with Crippen molar-refractivity contribution in [1.82, 2.24) is 14.9 Å². The summed E-state index contributed by atoms with van der Waals surface area (Å²) in [6.45, 7) is 11.9. The zero-order chi connectivity index (χ0) is 24.6. The van der Waals surface area contributed by atoms with Gasteiger partial charge in [0.05, 0.1) is 24.5 Å². The molecule has 3 aliphatic rings. The van der Waals surface area contributed by atoms with E-state index in [4.69, 9.17) is 14.2 Å². The average molecular weight is 482 g/mol. The molecule has 3 aliphatic heterocycles. The van der Waals surface area contributed by atoms with Crippen LogP contribution in [0.15, 0.2) is 24.5 Å². The molecule has 0 aliphatic carbocycles. The highest BCUT2D eigenvalue weighted by atomic mass is 16.6. The summed E-state index contributed by atoms with van der Waals surface area (Å²) in [6.07, 6.45) is 3.16. The van der Waals surface area contributed by atoms with E-state index in [1.165, 1.54) is 5.56 Å². The summed E-state index contributed by atoms with van der Waals surface area (Å²) in [4.78, 5) is 25.8. The molecule has 0 saturated carbocycles. The van der Waals surface area contributed by atoms with Crippen LogP contribution in [0.5, 0.6) is 5.75 Å². The van der Waals surface area contributed by atoms with Gasteiger partial charge in [-0.1, -0.05) is 6.07 Å². The van der Waals surface area contributed by atoms with E-state index in [0.29, 0.717) is 32.3 Å². The predicted molar refractivity (Wildman–Crippen MR) is 133 cm³/mol. The van der Waals surface area contributed by atoms with E-state index in [2.05, 4.69) is 39.2 Å². The van der Waals surface area contributed by atoms with Gasteiger partial charge in [-0.05, 0) is 64.2 Å². The Labute approximate surface area is 206 Å². The first kappa shape index (κ1) is 23.7. The third kappa shape index (κ3) is 5.15. The van der Waals surface area contributed by atoms with Gasteiger partial charge in [-0.3, -0.25) is 0 Å². The highest BCUT2D eigenvalue weighted by molar-refractivity contribution is 5.72. The number of carbonyl (C=O) groups excluding carboxylic acids is 1. The fourth-order valence-corrected chi connectivity index (χ4v) is 5.06. The number of rotatable bonds is 2. The van der Waals surface area contributed by atoms with Gasteiger partial charge in [0.1, 0.15) is 35.9 Å². The zero-order valence-electron chi connectivity index (χ0n) is 21.0. The Morgan fingerprint density at radius 1 is 1.17 bits per heavy atom. The molecule has 188 valence electrons. The second kappa shape index (κ2) is 9.53. The van der Waals surface area contributed by atoms with Crippen molar-refractivity contribution in [2.75, 3.05) is 43.1 Å². The van der Waals surface area contributed by atoms with Gasteiger partial charge >= 0.3 is 6.09 Å². The number of amides is 1. The summed E-state index contributed by atoms with van der Waals surface area (Å²) >= 11 is 0. The van der Waals surface area contributed by atoms with Crippen molar-refractivity contribution in [3.8, 4) is 5.75 Å². The number of anilines is 3. The van der Waals surface area contributed by atoms with Crippen LogP contribution in [0.3, 0.4) is 0 Å². The molecular weight excluding hydrogens is 446 g/mol. The number of nitrogens with one attached hydrogen (secondary N) is 1. The molecule has 0 spiro atoms. The molecule has 4 heterocycles. The number of aromatic nitrogens is 2. The minimum absolute atomic E-state index is 0.108. The third-order valence-electron chi connectivity index (χ3n) is 6.84. The summed E-state index contributed by atoms with van der Waals surface area (Å²) in [5.74, 6) is 2.85. The summed E-state index contributed by atoms with van der Waals surface area (Å²) in [5, 5.41) is 3.51. The van der Waals surface area contributed by atoms with Crippen LogP contribution in [-0.4, -0.2) is 65.5 Å². The highest BCUT2D eigenvalue weighted by Crippen LogP contribution is 2.40. The van der Waals surface area contributed by atoms with E-state index >= 15 is 0 Å². The Bertz CT molecular complexity index is 1080. The largest absolute Gasteiger partial charge is 0.486 e. The standard InChI is InChI=1S/C26H35N5O4/c1-17-13-19(7-8-31(17)25(32)35-26(2,3)4)18-5-6-22-21(14-18)29-23-20(15-34-22)24(28-16-27-23)30-9-11-33-12-10-30/h5-6,14,16-17,19H,7-13,15H2,1-4H3,(H,27,28,29). The average Bonchev–Trinajstić information content (AvgIpc) is 3.02. The number of likely N-dealkylation sites (tertiary alicyclic amines) is 1. The normalized spacial score (nSPS) is 22.3. The van der Waals surface area contributed by atoms with Crippen molar-refractivity contribution in [3.63, 3.8) is 0 Å². The molecule has 1 aromatic carbocycles. The summed E-state index contributed by atoms with van der Waals surface area (Å²) in [6, 6.07) is 6.46. The van der Waals surface area contributed by atoms with Gasteiger partial charge in [-0.25, -0.2) is 14.8 Å². The maximum atomic E-state index is 12.6. The van der Waals surface area contributed by atoms with Crippen LogP contribution < -0.4 is 15.0 Å². The first-order chi connectivity index (χ1) is 16.8. The first-order valence-electron chi connectivity index (χ1n) is 12.5. The summed E-state index contributed by atoms with van der Waals surface area (Å²) < 4.78 is 17.3. The molecule has 35 heavy (non-hydrogen) atoms. The molecule has 5 rings (SSSR count). The number of fused-ring (bicyclic) bond motifs is 2. The lowest BCUT2D eigenvalue weighted by atomic mass is 9.85. The number of carbonyl (C=O) groups is 1. The molecule has 2 aromatic rings. The lowest BCUT2D eigenvalue weighted by Gasteiger charge is -2.38. The van der Waals surface area contributed by atoms with Crippen LogP contribution in [-0.2, 0) is 16.1 Å². The van der Waals surface area contributed by atoms with Crippen molar-refractivity contribution in [2.24, 2.45) is 0 Å². The number of nitrogens with zero attached hydrogens (tertiary/aromatic N) is 4. The highest BCUT2D eigenvalue weighted by Gasteiger charge is 2.33. The molecule has 1 amide bonds. The number of ether oxygens (including phenoxy) is 3. The lowest BCUT2D eigenvalue weighted by molar-refractivity contribution is 0.0103. The van der Waals surface area contributed by atoms with Gasteiger partial charge < -0.3 is 29.3 Å². The molecular formula is C26H35N5O4. The molecule has 9 heteroatoms. The van der Waals surface area contributed by atoms with Crippen LogP contribution in [0.25, 0.3) is 0 Å². The maximum Gasteiger partial charge on any atom is 0.410 e. The van der Waals surface area contributed by atoms with Crippen molar-refractivity contribution in [1.29, 1.82) is 0 Å². The van der Waals surface area contributed by atoms with Crippen molar-refractivity contribution in [2.45, 2.75) is 64.7 Å². The van der Waals surface area contributed by atoms with E-state index in [-0.39, 0.29) is 12.1 Å². The topological polar surface area (TPSA) is 89.1 Å². The van der Waals surface area contributed by atoms with Gasteiger partial charge in [-0.15, -0.1) is 0 Å². The number of hydrogen-bond donors (Lipinski definition) is 1. The molecule has 1 aromatic heterocycles. The van der Waals surface area contributed by atoms with Crippen LogP contribution in [0.2, 0.25) is 0 Å². The second-order valence-electron chi connectivity index (χ2n) is 10.5. The van der Waals surface area contributed by atoms with Gasteiger partial charge in [-0.2, -0.15) is 0 Å². The van der Waals surface area contributed by atoms with Crippen LogP contribution in [0.1, 0.15) is 57.6 Å². The molecule has 0 radical (unpaired) electrons. The Hall–Kier alpha value is -3.07. The minimum Gasteiger partial charge on any atom is -0.486 e. The number of morpholine rings is 1. The molecule has 9 nitrogen and oxygen atoms in total. The summed E-state index contributed by atoms with van der Waals surface area (Å²) in [7, 11) is 0. The van der Waals surface area contributed by atoms with Crippen molar-refractivity contribution >= 4 is 23.4 Å².